The van der Waals surface area contributed by atoms with E-state index in [1.165, 1.54) is 11.4 Å². The van der Waals surface area contributed by atoms with Crippen LogP contribution in [0.5, 0.6) is 5.75 Å². The van der Waals surface area contributed by atoms with Crippen LogP contribution in [0.25, 0.3) is 0 Å². The second kappa shape index (κ2) is 11.9. The molecule has 10 heteroatoms. The number of aliphatic hydroxyl groups excluding tert-OH is 1. The zero-order valence-electron chi connectivity index (χ0n) is 21.2. The van der Waals surface area contributed by atoms with E-state index in [4.69, 9.17) is 4.74 Å². The van der Waals surface area contributed by atoms with Gasteiger partial charge in [-0.05, 0) is 30.7 Å². The van der Waals surface area contributed by atoms with Crippen molar-refractivity contribution in [2.75, 3.05) is 38.3 Å². The molecular weight excluding hydrogens is 482 g/mol. The smallest absolute Gasteiger partial charge is 0.228 e. The predicted molar refractivity (Wildman–Crippen MR) is 138 cm³/mol. The van der Waals surface area contributed by atoms with Crippen molar-refractivity contribution in [3.05, 3.63) is 59.7 Å². The van der Waals surface area contributed by atoms with Crippen molar-refractivity contribution in [3.8, 4) is 5.75 Å². The Balaban J connectivity index is 1.90. The van der Waals surface area contributed by atoms with Crippen molar-refractivity contribution in [1.82, 2.24) is 9.21 Å². The van der Waals surface area contributed by atoms with Crippen molar-refractivity contribution in [2.24, 2.45) is 5.92 Å². The Bertz CT molecular complexity index is 1170. The first-order valence-electron chi connectivity index (χ1n) is 11.9. The molecule has 196 valence electrons. The van der Waals surface area contributed by atoms with Gasteiger partial charge in [-0.3, -0.25) is 9.59 Å². The molecule has 0 bridgehead atoms. The Morgan fingerprint density at radius 1 is 1.25 bits per heavy atom. The van der Waals surface area contributed by atoms with Gasteiger partial charge in [0.15, 0.2) is 0 Å². The monoisotopic (exact) mass is 517 g/mol. The summed E-state index contributed by atoms with van der Waals surface area (Å²) in [4.78, 5) is 27.4. The molecule has 2 aromatic rings. The van der Waals surface area contributed by atoms with E-state index in [1.54, 1.807) is 30.0 Å². The topological polar surface area (TPSA) is 116 Å². The van der Waals surface area contributed by atoms with Crippen molar-refractivity contribution in [1.29, 1.82) is 0 Å². The van der Waals surface area contributed by atoms with Crippen LogP contribution in [0, 0.1) is 5.92 Å². The highest BCUT2D eigenvalue weighted by Gasteiger charge is 2.32. The second-order valence-corrected chi connectivity index (χ2v) is 11.6. The number of hydrogen-bond donors (Lipinski definition) is 2. The van der Waals surface area contributed by atoms with E-state index >= 15 is 0 Å². The molecule has 0 aliphatic carbocycles. The zero-order valence-corrected chi connectivity index (χ0v) is 22.0. The van der Waals surface area contributed by atoms with E-state index in [2.05, 4.69) is 5.32 Å². The summed E-state index contributed by atoms with van der Waals surface area (Å²) in [7, 11) is -1.95. The lowest BCUT2D eigenvalue weighted by Gasteiger charge is -2.33. The SMILES string of the molecule is C[C@@H]1CN([C@@H](C)CO)C(=O)Cc2cc(NC(=O)Cc3ccccc3)ccc2O[C@@H]1CN(C)S(C)(=O)=O. The van der Waals surface area contributed by atoms with Gasteiger partial charge in [-0.2, -0.15) is 0 Å². The summed E-state index contributed by atoms with van der Waals surface area (Å²) < 4.78 is 31.6. The molecule has 0 saturated heterocycles. The van der Waals surface area contributed by atoms with Gasteiger partial charge < -0.3 is 20.1 Å². The van der Waals surface area contributed by atoms with Gasteiger partial charge in [-0.1, -0.05) is 37.3 Å². The van der Waals surface area contributed by atoms with Crippen LogP contribution >= 0.6 is 0 Å². The highest BCUT2D eigenvalue weighted by molar-refractivity contribution is 7.88. The normalized spacial score (nSPS) is 19.5. The number of carbonyl (C=O) groups excluding carboxylic acids is 2. The third-order valence-electron chi connectivity index (χ3n) is 6.41. The molecule has 2 amide bonds. The zero-order chi connectivity index (χ0) is 26.5. The number of nitrogens with zero attached hydrogens (tertiary/aromatic N) is 2. The lowest BCUT2D eigenvalue weighted by molar-refractivity contribution is -0.134. The highest BCUT2D eigenvalue weighted by atomic mass is 32.2. The van der Waals surface area contributed by atoms with E-state index in [9.17, 15) is 23.1 Å². The molecule has 0 radical (unpaired) electrons. The maximum Gasteiger partial charge on any atom is 0.228 e. The summed E-state index contributed by atoms with van der Waals surface area (Å²) in [5, 5.41) is 12.6. The number of sulfonamides is 1. The number of ether oxygens (including phenoxy) is 1. The quantitative estimate of drug-likeness (QED) is 0.553. The number of rotatable bonds is 8. The Labute approximate surface area is 213 Å². The van der Waals surface area contributed by atoms with Gasteiger partial charge in [-0.15, -0.1) is 0 Å². The Hall–Kier alpha value is -2.95. The van der Waals surface area contributed by atoms with Gasteiger partial charge in [-0.25, -0.2) is 12.7 Å². The molecule has 0 unspecified atom stereocenters. The Morgan fingerprint density at radius 3 is 2.58 bits per heavy atom. The molecule has 0 saturated carbocycles. The van der Waals surface area contributed by atoms with Crippen LogP contribution in [-0.2, 0) is 32.5 Å². The van der Waals surface area contributed by atoms with Gasteiger partial charge in [0.05, 0.1) is 38.3 Å². The van der Waals surface area contributed by atoms with Gasteiger partial charge in [0, 0.05) is 30.8 Å². The number of amides is 2. The predicted octanol–water partition coefficient (Wildman–Crippen LogP) is 1.91. The number of nitrogens with one attached hydrogen (secondary N) is 1. The molecular formula is C26H35N3O6S. The molecule has 0 fully saturated rings. The van der Waals surface area contributed by atoms with Crippen molar-refractivity contribution < 1.29 is 27.9 Å². The summed E-state index contributed by atoms with van der Waals surface area (Å²) >= 11 is 0. The number of hydrogen-bond acceptors (Lipinski definition) is 6. The van der Waals surface area contributed by atoms with Gasteiger partial charge in [0.25, 0.3) is 0 Å². The van der Waals surface area contributed by atoms with Crippen LogP contribution in [0.15, 0.2) is 48.5 Å². The van der Waals surface area contributed by atoms with Gasteiger partial charge in [0.1, 0.15) is 11.9 Å². The summed E-state index contributed by atoms with van der Waals surface area (Å²) in [5.41, 5.74) is 2.00. The largest absolute Gasteiger partial charge is 0.488 e. The van der Waals surface area contributed by atoms with E-state index in [0.717, 1.165) is 11.8 Å². The van der Waals surface area contributed by atoms with Crippen LogP contribution in [0.4, 0.5) is 5.69 Å². The molecule has 9 nitrogen and oxygen atoms in total. The number of benzene rings is 2. The molecule has 3 rings (SSSR count). The Morgan fingerprint density at radius 2 is 1.94 bits per heavy atom. The Kier molecular flexibility index (Phi) is 9.10. The fraction of sp³-hybridized carbons (Fsp3) is 0.462. The molecule has 3 atom stereocenters. The summed E-state index contributed by atoms with van der Waals surface area (Å²) in [6.07, 6.45) is 0.825. The molecule has 0 aromatic heterocycles. The number of aliphatic hydroxyl groups is 1. The number of carbonyl (C=O) groups is 2. The van der Waals surface area contributed by atoms with Crippen molar-refractivity contribution in [2.45, 2.75) is 38.8 Å². The van der Waals surface area contributed by atoms with Crippen LogP contribution in [0.3, 0.4) is 0 Å². The van der Waals surface area contributed by atoms with E-state index in [1.807, 2.05) is 37.3 Å². The van der Waals surface area contributed by atoms with Crippen LogP contribution in [0.1, 0.15) is 25.0 Å². The van der Waals surface area contributed by atoms with Crippen molar-refractivity contribution in [3.63, 3.8) is 0 Å². The van der Waals surface area contributed by atoms with Gasteiger partial charge in [0.2, 0.25) is 21.8 Å². The third kappa shape index (κ3) is 7.28. The fourth-order valence-electron chi connectivity index (χ4n) is 4.10. The van der Waals surface area contributed by atoms with E-state index in [0.29, 0.717) is 23.5 Å². The second-order valence-electron chi connectivity index (χ2n) is 9.46. The standard InChI is InChI=1S/C26H35N3O6S/c1-18-15-29(19(2)17-30)26(32)14-21-13-22(27-25(31)12-20-8-6-5-7-9-20)10-11-23(21)35-24(18)16-28(3)36(4,33)34/h5-11,13,18-19,24,30H,12,14-17H2,1-4H3,(H,27,31)/t18-,19+,24-/m1/s1. The first kappa shape index (κ1) is 27.6. The first-order valence-corrected chi connectivity index (χ1v) is 13.8. The average Bonchev–Trinajstić information content (AvgIpc) is 2.86. The molecule has 1 heterocycles. The minimum atomic E-state index is -3.44. The van der Waals surface area contributed by atoms with E-state index in [-0.39, 0.29) is 43.7 Å². The molecule has 2 aromatic carbocycles. The molecule has 1 aliphatic heterocycles. The first-order chi connectivity index (χ1) is 17.0. The lowest BCUT2D eigenvalue weighted by atomic mass is 10.0. The summed E-state index contributed by atoms with van der Waals surface area (Å²) in [5.74, 6) is -0.128. The van der Waals surface area contributed by atoms with Crippen LogP contribution < -0.4 is 10.1 Å². The van der Waals surface area contributed by atoms with E-state index < -0.39 is 22.2 Å². The fourth-order valence-corrected chi connectivity index (χ4v) is 4.52. The third-order valence-corrected chi connectivity index (χ3v) is 7.69. The van der Waals surface area contributed by atoms with Gasteiger partial charge >= 0.3 is 0 Å². The van der Waals surface area contributed by atoms with Crippen LogP contribution in [0.2, 0.25) is 0 Å². The summed E-state index contributed by atoms with van der Waals surface area (Å²) in [6, 6.07) is 14.1. The maximum absolute atomic E-state index is 13.3. The molecule has 36 heavy (non-hydrogen) atoms. The summed E-state index contributed by atoms with van der Waals surface area (Å²) in [6.45, 7) is 3.87. The van der Waals surface area contributed by atoms with Crippen LogP contribution in [-0.4, -0.2) is 79.7 Å². The maximum atomic E-state index is 13.3. The van der Waals surface area contributed by atoms with Crippen molar-refractivity contribution >= 4 is 27.5 Å². The number of fused-ring (bicyclic) bond motifs is 1. The highest BCUT2D eigenvalue weighted by Crippen LogP contribution is 2.29. The molecule has 0 spiro atoms. The number of anilines is 1. The minimum Gasteiger partial charge on any atom is -0.488 e. The number of likely N-dealkylation sites (N-methyl/N-ethyl adjacent to an activating group) is 1. The molecule has 1 aliphatic rings. The average molecular weight is 518 g/mol. The molecule has 2 N–H and O–H groups in total. The minimum absolute atomic E-state index is 0.0173. The lowest BCUT2D eigenvalue weighted by Crippen LogP contribution is -2.48.